The molecular weight excluding hydrogens is 266 g/mol. The van der Waals surface area contributed by atoms with Gasteiger partial charge in [-0.25, -0.2) is 4.79 Å². The Hall–Kier alpha value is -1.81. The van der Waals surface area contributed by atoms with Gasteiger partial charge in [0.05, 0.1) is 12.7 Å². The van der Waals surface area contributed by atoms with Crippen LogP contribution in [0.1, 0.15) is 48.7 Å². The highest BCUT2D eigenvalue weighted by molar-refractivity contribution is 5.94. The molecule has 0 spiro atoms. The van der Waals surface area contributed by atoms with Gasteiger partial charge in [-0.2, -0.15) is 0 Å². The van der Waals surface area contributed by atoms with Crippen molar-refractivity contribution >= 4 is 16.9 Å². The van der Waals surface area contributed by atoms with Crippen LogP contribution in [0.4, 0.5) is 0 Å². The molecule has 1 unspecified atom stereocenters. The molecule has 2 aromatic rings. The van der Waals surface area contributed by atoms with Gasteiger partial charge in [-0.3, -0.25) is 0 Å². The Bertz CT molecular complexity index is 672. The molecule has 1 saturated heterocycles. The predicted octanol–water partition coefficient (Wildman–Crippen LogP) is 3.63. The number of nitrogens with one attached hydrogen (secondary N) is 1. The Labute approximate surface area is 124 Å². The van der Waals surface area contributed by atoms with Crippen molar-refractivity contribution < 1.29 is 14.3 Å². The highest BCUT2D eigenvalue weighted by Crippen LogP contribution is 2.36. The molecule has 2 heterocycles. The van der Waals surface area contributed by atoms with E-state index in [4.69, 9.17) is 9.47 Å². The summed E-state index contributed by atoms with van der Waals surface area (Å²) < 4.78 is 10.5. The highest BCUT2D eigenvalue weighted by Gasteiger charge is 2.29. The summed E-state index contributed by atoms with van der Waals surface area (Å²) in [6.45, 7) is 5.09. The largest absolute Gasteiger partial charge is 0.464 e. The van der Waals surface area contributed by atoms with Gasteiger partial charge >= 0.3 is 5.97 Å². The quantitative estimate of drug-likeness (QED) is 0.858. The second-order valence-electron chi connectivity index (χ2n) is 6.32. The average molecular weight is 287 g/mol. The van der Waals surface area contributed by atoms with Crippen molar-refractivity contribution in [2.24, 2.45) is 0 Å². The summed E-state index contributed by atoms with van der Waals surface area (Å²) in [7, 11) is 1.39. The fourth-order valence-corrected chi connectivity index (χ4v) is 3.14. The molecule has 21 heavy (non-hydrogen) atoms. The zero-order chi connectivity index (χ0) is 15.0. The first-order chi connectivity index (χ1) is 9.98. The Balaban J connectivity index is 1.92. The van der Waals surface area contributed by atoms with E-state index in [0.29, 0.717) is 11.6 Å². The minimum absolute atomic E-state index is 0.0623. The van der Waals surface area contributed by atoms with E-state index in [1.54, 1.807) is 0 Å². The molecule has 1 aliphatic heterocycles. The van der Waals surface area contributed by atoms with E-state index in [9.17, 15) is 4.79 Å². The van der Waals surface area contributed by atoms with E-state index in [1.807, 2.05) is 12.1 Å². The zero-order valence-corrected chi connectivity index (χ0v) is 12.7. The van der Waals surface area contributed by atoms with Gasteiger partial charge in [-0.15, -0.1) is 0 Å². The molecule has 0 aliphatic carbocycles. The maximum Gasteiger partial charge on any atom is 0.354 e. The van der Waals surface area contributed by atoms with Crippen LogP contribution in [0, 0.1) is 0 Å². The van der Waals surface area contributed by atoms with Gasteiger partial charge in [-0.05, 0) is 56.4 Å². The van der Waals surface area contributed by atoms with E-state index < -0.39 is 0 Å². The lowest BCUT2D eigenvalue weighted by molar-refractivity contribution is -0.0592. The van der Waals surface area contributed by atoms with Crippen molar-refractivity contribution in [2.75, 3.05) is 13.7 Å². The predicted molar refractivity (Wildman–Crippen MR) is 81.6 cm³/mol. The fraction of sp³-hybridized carbons (Fsp3) is 0.471. The van der Waals surface area contributed by atoms with Gasteiger partial charge in [0.1, 0.15) is 5.69 Å². The third-order valence-electron chi connectivity index (χ3n) is 4.22. The van der Waals surface area contributed by atoms with Gasteiger partial charge in [0, 0.05) is 17.5 Å². The number of hydrogen-bond acceptors (Lipinski definition) is 3. The van der Waals surface area contributed by atoms with Gasteiger partial charge in [0.15, 0.2) is 0 Å². The number of aromatic amines is 1. The topological polar surface area (TPSA) is 51.3 Å². The molecule has 4 heteroatoms. The van der Waals surface area contributed by atoms with E-state index in [-0.39, 0.29) is 11.6 Å². The molecule has 0 radical (unpaired) electrons. The smallest absolute Gasteiger partial charge is 0.354 e. The standard InChI is InChI=1S/C17H21NO3/c1-17(2)10-12(6-7-21-17)11-4-5-14-13(8-11)9-15(18-14)16(19)20-3/h4-5,8-9,12,18H,6-7,10H2,1-3H3. The summed E-state index contributed by atoms with van der Waals surface area (Å²) in [4.78, 5) is 14.7. The molecule has 1 fully saturated rings. The summed E-state index contributed by atoms with van der Waals surface area (Å²) >= 11 is 0. The normalized spacial score (nSPS) is 21.4. The van der Waals surface area contributed by atoms with Gasteiger partial charge < -0.3 is 14.5 Å². The number of H-pyrrole nitrogens is 1. The number of esters is 1. The number of fused-ring (bicyclic) bond motifs is 1. The summed E-state index contributed by atoms with van der Waals surface area (Å²) in [6.07, 6.45) is 2.07. The van der Waals surface area contributed by atoms with Crippen molar-refractivity contribution in [3.05, 3.63) is 35.5 Å². The molecule has 3 rings (SSSR count). The molecule has 1 N–H and O–H groups in total. The number of ether oxygens (including phenoxy) is 2. The van der Waals surface area contributed by atoms with Crippen LogP contribution in [0.3, 0.4) is 0 Å². The van der Waals surface area contributed by atoms with E-state index in [2.05, 4.69) is 31.0 Å². The van der Waals surface area contributed by atoms with Crippen molar-refractivity contribution in [3.63, 3.8) is 0 Å². The molecule has 0 saturated carbocycles. The highest BCUT2D eigenvalue weighted by atomic mass is 16.5. The Kier molecular flexibility index (Phi) is 3.49. The average Bonchev–Trinajstić information content (AvgIpc) is 2.88. The number of methoxy groups -OCH3 is 1. The minimum atomic E-state index is -0.333. The second-order valence-corrected chi connectivity index (χ2v) is 6.32. The van der Waals surface area contributed by atoms with Gasteiger partial charge in [-0.1, -0.05) is 6.07 Å². The van der Waals surface area contributed by atoms with Crippen LogP contribution in [0.2, 0.25) is 0 Å². The maximum atomic E-state index is 11.6. The first-order valence-corrected chi connectivity index (χ1v) is 7.33. The Morgan fingerprint density at radius 2 is 2.19 bits per heavy atom. The molecule has 0 amide bonds. The molecular formula is C17H21NO3. The number of aromatic nitrogens is 1. The SMILES string of the molecule is COC(=O)c1cc2cc(C3CCOC(C)(C)C3)ccc2[nH]1. The van der Waals surface area contributed by atoms with Crippen LogP contribution in [-0.2, 0) is 9.47 Å². The monoisotopic (exact) mass is 287 g/mol. The van der Waals surface area contributed by atoms with Crippen LogP contribution in [-0.4, -0.2) is 30.3 Å². The van der Waals surface area contributed by atoms with Gasteiger partial charge in [0.25, 0.3) is 0 Å². The van der Waals surface area contributed by atoms with Crippen molar-refractivity contribution in [2.45, 2.75) is 38.2 Å². The van der Waals surface area contributed by atoms with E-state index in [1.165, 1.54) is 12.7 Å². The lowest BCUT2D eigenvalue weighted by Crippen LogP contribution is -2.32. The number of rotatable bonds is 2. The van der Waals surface area contributed by atoms with Crippen LogP contribution < -0.4 is 0 Å². The van der Waals surface area contributed by atoms with Crippen LogP contribution in [0.15, 0.2) is 24.3 Å². The Morgan fingerprint density at radius 3 is 2.90 bits per heavy atom. The molecule has 1 aromatic heterocycles. The summed E-state index contributed by atoms with van der Waals surface area (Å²) in [5.41, 5.74) is 2.71. The third-order valence-corrected chi connectivity index (χ3v) is 4.22. The van der Waals surface area contributed by atoms with Crippen LogP contribution >= 0.6 is 0 Å². The molecule has 4 nitrogen and oxygen atoms in total. The molecule has 1 aromatic carbocycles. The Morgan fingerprint density at radius 1 is 1.38 bits per heavy atom. The maximum absolute atomic E-state index is 11.6. The summed E-state index contributed by atoms with van der Waals surface area (Å²) in [6, 6.07) is 8.21. The first kappa shape index (κ1) is 14.1. The number of carbonyl (C=O) groups is 1. The molecule has 1 atom stereocenters. The van der Waals surface area contributed by atoms with Gasteiger partial charge in [0.2, 0.25) is 0 Å². The van der Waals surface area contributed by atoms with E-state index >= 15 is 0 Å². The number of hydrogen-bond donors (Lipinski definition) is 1. The second kappa shape index (κ2) is 5.19. The van der Waals surface area contributed by atoms with E-state index in [0.717, 1.165) is 30.4 Å². The summed E-state index contributed by atoms with van der Waals surface area (Å²) in [5.74, 6) is 0.176. The lowest BCUT2D eigenvalue weighted by atomic mass is 9.83. The summed E-state index contributed by atoms with van der Waals surface area (Å²) in [5, 5.41) is 1.05. The van der Waals surface area contributed by atoms with Crippen LogP contribution in [0.25, 0.3) is 10.9 Å². The zero-order valence-electron chi connectivity index (χ0n) is 12.7. The molecule has 1 aliphatic rings. The molecule has 0 bridgehead atoms. The van der Waals surface area contributed by atoms with Crippen molar-refractivity contribution in [3.8, 4) is 0 Å². The number of benzene rings is 1. The third kappa shape index (κ3) is 2.81. The van der Waals surface area contributed by atoms with Crippen molar-refractivity contribution in [1.82, 2.24) is 4.98 Å². The number of carbonyl (C=O) groups excluding carboxylic acids is 1. The first-order valence-electron chi connectivity index (χ1n) is 7.33. The fourth-order valence-electron chi connectivity index (χ4n) is 3.14. The van der Waals surface area contributed by atoms with Crippen LogP contribution in [0.5, 0.6) is 0 Å². The minimum Gasteiger partial charge on any atom is -0.464 e. The lowest BCUT2D eigenvalue weighted by Gasteiger charge is -2.35. The van der Waals surface area contributed by atoms with Crippen molar-refractivity contribution in [1.29, 1.82) is 0 Å². The molecule has 112 valence electrons.